The van der Waals surface area contributed by atoms with Crippen LogP contribution in [0.25, 0.3) is 0 Å². The molecule has 1 atom stereocenters. The largest absolute Gasteiger partial charge is 0.364 e. The van der Waals surface area contributed by atoms with Crippen molar-refractivity contribution < 1.29 is 9.49 Å². The summed E-state index contributed by atoms with van der Waals surface area (Å²) < 4.78 is 12.7. The summed E-state index contributed by atoms with van der Waals surface area (Å²) >= 11 is 6.36. The Hall–Kier alpha value is -3.20. The molecule has 1 aliphatic heterocycles. The Labute approximate surface area is 221 Å². The first-order chi connectivity index (χ1) is 17.4. The zero-order valence-electron chi connectivity index (χ0n) is 21.5. The van der Waals surface area contributed by atoms with Gasteiger partial charge in [0.1, 0.15) is 17.9 Å². The molecule has 0 aliphatic carbocycles. The highest BCUT2D eigenvalue weighted by atomic mass is 35.5. The quantitative estimate of drug-likeness (QED) is 0.224. The van der Waals surface area contributed by atoms with E-state index in [1.807, 2.05) is 51.4 Å². The van der Waals surface area contributed by atoms with Gasteiger partial charge in [0, 0.05) is 30.5 Å². The molecule has 0 bridgehead atoms. The number of nitro benzene ring substituents is 1. The molecule has 12 heteroatoms. The van der Waals surface area contributed by atoms with Gasteiger partial charge in [-0.3, -0.25) is 10.1 Å². The summed E-state index contributed by atoms with van der Waals surface area (Å²) in [6.45, 7) is 6.78. The number of anilines is 5. The fourth-order valence-electron chi connectivity index (χ4n) is 4.41. The number of benzene rings is 2. The number of aryl methyl sites for hydroxylation is 1. The lowest BCUT2D eigenvalue weighted by atomic mass is 10.1. The van der Waals surface area contributed by atoms with Gasteiger partial charge in [-0.15, -0.1) is 0 Å². The van der Waals surface area contributed by atoms with Crippen LogP contribution in [0, 0.1) is 17.0 Å². The minimum atomic E-state index is -2.55. The van der Waals surface area contributed by atoms with Crippen molar-refractivity contribution in [3.05, 3.63) is 63.3 Å². The van der Waals surface area contributed by atoms with Crippen molar-refractivity contribution in [2.24, 2.45) is 0 Å². The number of nitro groups is 1. The van der Waals surface area contributed by atoms with Crippen molar-refractivity contribution >= 4 is 58.6 Å². The van der Waals surface area contributed by atoms with Gasteiger partial charge in [-0.1, -0.05) is 23.7 Å². The highest BCUT2D eigenvalue weighted by molar-refractivity contribution is 7.70. The van der Waals surface area contributed by atoms with E-state index in [4.69, 9.17) is 11.6 Å². The molecule has 1 aliphatic rings. The Kier molecular flexibility index (Phi) is 7.73. The zero-order chi connectivity index (χ0) is 26.9. The molecule has 1 saturated heterocycles. The van der Waals surface area contributed by atoms with Crippen LogP contribution in [0.3, 0.4) is 0 Å². The predicted octanol–water partition coefficient (Wildman–Crippen LogP) is 5.22. The topological polar surface area (TPSA) is 117 Å². The van der Waals surface area contributed by atoms with Crippen LogP contribution in [0.2, 0.25) is 5.02 Å². The zero-order valence-corrected chi connectivity index (χ0v) is 23.2. The standard InChI is InChI=1S/C25H31ClN7O3P/c1-16-12-21(32-11-10-17(15-32)31(2)3)22(33(34)35)13-20(16)29-25-27-14-18(26)24(30-25)28-19-8-6-7-9-23(19)37(4,5)36/h6-9,12-14,17H,10-11,15H2,1-5H3,(H2,27,28,29,30). The summed E-state index contributed by atoms with van der Waals surface area (Å²) in [5.41, 5.74) is 2.62. The molecule has 37 heavy (non-hydrogen) atoms. The highest BCUT2D eigenvalue weighted by Crippen LogP contribution is 2.39. The number of hydrogen-bond donors (Lipinski definition) is 2. The number of likely N-dealkylation sites (N-methyl/N-ethyl adjacent to an activating group) is 1. The first kappa shape index (κ1) is 26.9. The predicted molar refractivity (Wildman–Crippen MR) is 151 cm³/mol. The molecule has 2 heterocycles. The number of rotatable bonds is 8. The average molecular weight is 544 g/mol. The van der Waals surface area contributed by atoms with Crippen LogP contribution in [-0.4, -0.2) is 66.3 Å². The summed E-state index contributed by atoms with van der Waals surface area (Å²) in [5.74, 6) is 0.551. The van der Waals surface area contributed by atoms with Gasteiger partial charge in [0.25, 0.3) is 5.69 Å². The van der Waals surface area contributed by atoms with Crippen molar-refractivity contribution in [2.45, 2.75) is 19.4 Å². The van der Waals surface area contributed by atoms with Gasteiger partial charge in [0.15, 0.2) is 5.82 Å². The minimum Gasteiger partial charge on any atom is -0.364 e. The third-order valence-electron chi connectivity index (χ3n) is 6.48. The normalized spacial score (nSPS) is 15.8. The van der Waals surface area contributed by atoms with Gasteiger partial charge in [0.05, 0.1) is 22.5 Å². The maximum atomic E-state index is 12.7. The number of hydrogen-bond acceptors (Lipinski definition) is 9. The van der Waals surface area contributed by atoms with Crippen molar-refractivity contribution in [2.75, 3.05) is 56.0 Å². The molecular weight excluding hydrogens is 513 g/mol. The van der Waals surface area contributed by atoms with Crippen molar-refractivity contribution in [3.63, 3.8) is 0 Å². The maximum Gasteiger partial charge on any atom is 0.294 e. The third-order valence-corrected chi connectivity index (χ3v) is 8.31. The molecule has 0 spiro atoms. The molecule has 3 aromatic rings. The van der Waals surface area contributed by atoms with Crippen LogP contribution in [-0.2, 0) is 4.57 Å². The first-order valence-corrected chi connectivity index (χ1v) is 14.8. The number of nitrogens with one attached hydrogen (secondary N) is 2. The molecule has 196 valence electrons. The van der Waals surface area contributed by atoms with Crippen LogP contribution >= 0.6 is 18.7 Å². The van der Waals surface area contributed by atoms with E-state index in [1.54, 1.807) is 13.3 Å². The molecule has 0 amide bonds. The highest BCUT2D eigenvalue weighted by Gasteiger charge is 2.29. The molecule has 0 saturated carbocycles. The Morgan fingerprint density at radius 3 is 2.57 bits per heavy atom. The summed E-state index contributed by atoms with van der Waals surface area (Å²) in [6, 6.07) is 11.0. The lowest BCUT2D eigenvalue weighted by Crippen LogP contribution is -2.31. The van der Waals surface area contributed by atoms with Gasteiger partial charge in [0.2, 0.25) is 5.95 Å². The Morgan fingerprint density at radius 2 is 1.92 bits per heavy atom. The van der Waals surface area contributed by atoms with Gasteiger partial charge in [-0.2, -0.15) is 4.98 Å². The van der Waals surface area contributed by atoms with Gasteiger partial charge >= 0.3 is 0 Å². The van der Waals surface area contributed by atoms with Crippen LogP contribution in [0.15, 0.2) is 42.6 Å². The summed E-state index contributed by atoms with van der Waals surface area (Å²) in [4.78, 5) is 24.6. The molecule has 10 nitrogen and oxygen atoms in total. The van der Waals surface area contributed by atoms with E-state index in [-0.39, 0.29) is 21.6 Å². The Bertz CT molecular complexity index is 1380. The third kappa shape index (κ3) is 6.04. The molecule has 1 aromatic heterocycles. The van der Waals surface area contributed by atoms with Gasteiger partial charge < -0.3 is 25.0 Å². The number of nitrogens with zero attached hydrogens (tertiary/aromatic N) is 5. The second-order valence-electron chi connectivity index (χ2n) is 9.77. The molecule has 2 aromatic carbocycles. The molecule has 2 N–H and O–H groups in total. The lowest BCUT2D eigenvalue weighted by molar-refractivity contribution is -0.384. The fraction of sp³-hybridized carbons (Fsp3) is 0.360. The van der Waals surface area contributed by atoms with E-state index in [2.05, 4.69) is 30.4 Å². The summed E-state index contributed by atoms with van der Waals surface area (Å²) in [6.07, 6.45) is 2.40. The van der Waals surface area contributed by atoms with Crippen molar-refractivity contribution in [1.82, 2.24) is 14.9 Å². The van der Waals surface area contributed by atoms with Crippen LogP contribution < -0.4 is 20.8 Å². The van der Waals surface area contributed by atoms with Crippen LogP contribution in [0.4, 0.5) is 34.5 Å². The van der Waals surface area contributed by atoms with E-state index in [0.717, 1.165) is 25.1 Å². The molecule has 0 radical (unpaired) electrons. The number of aromatic nitrogens is 2. The molecule has 1 fully saturated rings. The number of para-hydroxylation sites is 1. The monoisotopic (exact) mass is 543 g/mol. The second-order valence-corrected chi connectivity index (χ2v) is 13.4. The van der Waals surface area contributed by atoms with Crippen LogP contribution in [0.5, 0.6) is 0 Å². The fourth-order valence-corrected chi connectivity index (χ4v) is 5.70. The smallest absolute Gasteiger partial charge is 0.294 e. The second kappa shape index (κ2) is 10.7. The van der Waals surface area contributed by atoms with Crippen molar-refractivity contribution in [3.8, 4) is 0 Å². The van der Waals surface area contributed by atoms with Gasteiger partial charge in [-0.25, -0.2) is 4.98 Å². The Balaban J connectivity index is 1.63. The van der Waals surface area contributed by atoms with Gasteiger partial charge in [-0.05, 0) is 64.5 Å². The lowest BCUT2D eigenvalue weighted by Gasteiger charge is -2.22. The first-order valence-electron chi connectivity index (χ1n) is 11.9. The molecule has 4 rings (SSSR count). The Morgan fingerprint density at radius 1 is 1.19 bits per heavy atom. The minimum absolute atomic E-state index is 0.0235. The van der Waals surface area contributed by atoms with E-state index in [9.17, 15) is 14.7 Å². The average Bonchev–Trinajstić information content (AvgIpc) is 3.32. The molecular formula is C25H31ClN7O3P. The SMILES string of the molecule is Cc1cc(N2CCC(N(C)C)C2)c([N+](=O)[O-])cc1Nc1ncc(Cl)c(Nc2ccccc2P(C)(C)=O)n1. The van der Waals surface area contributed by atoms with E-state index >= 15 is 0 Å². The van der Waals surface area contributed by atoms with E-state index in [1.165, 1.54) is 12.3 Å². The van der Waals surface area contributed by atoms with Crippen molar-refractivity contribution in [1.29, 1.82) is 0 Å². The van der Waals surface area contributed by atoms with E-state index in [0.29, 0.717) is 34.2 Å². The summed E-state index contributed by atoms with van der Waals surface area (Å²) in [5, 5.41) is 19.2. The number of halogens is 1. The van der Waals surface area contributed by atoms with E-state index < -0.39 is 7.14 Å². The molecule has 1 unspecified atom stereocenters. The maximum absolute atomic E-state index is 12.7. The van der Waals surface area contributed by atoms with Crippen LogP contribution in [0.1, 0.15) is 12.0 Å². The summed E-state index contributed by atoms with van der Waals surface area (Å²) in [7, 11) is 1.50.